The molecule has 3 nitrogen and oxygen atoms in total. The molecule has 2 rings (SSSR count). The smallest absolute Gasteiger partial charge is 0.284 e. The van der Waals surface area contributed by atoms with Gasteiger partial charge in [0.2, 0.25) is 0 Å². The van der Waals surface area contributed by atoms with Crippen molar-refractivity contribution in [2.75, 3.05) is 0 Å². The Labute approximate surface area is 153 Å². The second-order valence-electron chi connectivity index (χ2n) is 8.01. The molecular formula is C19H26N2OS2. The number of rotatable bonds is 3. The first-order valence-electron chi connectivity index (χ1n) is 8.07. The van der Waals surface area contributed by atoms with Crippen LogP contribution in [0.15, 0.2) is 40.2 Å². The van der Waals surface area contributed by atoms with Gasteiger partial charge in [0, 0.05) is 16.8 Å². The summed E-state index contributed by atoms with van der Waals surface area (Å²) in [4.78, 5) is 13.2. The van der Waals surface area contributed by atoms with Gasteiger partial charge in [0.25, 0.3) is 5.56 Å². The van der Waals surface area contributed by atoms with Gasteiger partial charge in [-0.05, 0) is 37.3 Å². The maximum atomic E-state index is 12.4. The summed E-state index contributed by atoms with van der Waals surface area (Å²) in [7, 11) is 0. The molecule has 1 heterocycles. The molecule has 0 saturated heterocycles. The van der Waals surface area contributed by atoms with Crippen LogP contribution in [0.25, 0.3) is 0 Å². The summed E-state index contributed by atoms with van der Waals surface area (Å²) in [6.07, 6.45) is 1.84. The molecule has 1 aromatic carbocycles. The van der Waals surface area contributed by atoms with E-state index in [1.165, 1.54) is 11.1 Å². The molecule has 1 N–H and O–H groups in total. The summed E-state index contributed by atoms with van der Waals surface area (Å²) < 4.78 is 1.97. The van der Waals surface area contributed by atoms with E-state index in [0.29, 0.717) is 4.51 Å². The Morgan fingerprint density at radius 2 is 1.67 bits per heavy atom. The van der Waals surface area contributed by atoms with E-state index in [1.54, 1.807) is 16.4 Å². The van der Waals surface area contributed by atoms with E-state index in [2.05, 4.69) is 50.1 Å². The van der Waals surface area contributed by atoms with Crippen molar-refractivity contribution in [2.45, 2.75) is 63.1 Å². The van der Waals surface area contributed by atoms with E-state index in [9.17, 15) is 4.79 Å². The highest BCUT2D eigenvalue weighted by molar-refractivity contribution is 7.98. The first kappa shape index (κ1) is 19.0. The highest BCUT2D eigenvalue weighted by Crippen LogP contribution is 2.26. The first-order valence-corrected chi connectivity index (χ1v) is 9.47. The Hall–Kier alpha value is -1.33. The molecule has 0 fully saturated rings. The van der Waals surface area contributed by atoms with E-state index in [4.69, 9.17) is 12.2 Å². The van der Waals surface area contributed by atoms with Gasteiger partial charge in [0.15, 0.2) is 0 Å². The van der Waals surface area contributed by atoms with Crippen LogP contribution < -0.4 is 5.56 Å². The molecule has 0 spiro atoms. The standard InChI is InChI=1S/C19H26N2OS2/c1-18(2,3)14-9-7-13(8-10-14)12-24-15-11-20-21(19(4,5)6)17(22)16(15)23/h7-11,20H,12H2,1-6H3. The van der Waals surface area contributed by atoms with Crippen LogP contribution in [0.1, 0.15) is 52.7 Å². The van der Waals surface area contributed by atoms with Crippen LogP contribution in [-0.4, -0.2) is 9.78 Å². The van der Waals surface area contributed by atoms with E-state index in [0.717, 1.165) is 10.6 Å². The molecule has 0 saturated carbocycles. The molecule has 0 aliphatic carbocycles. The largest absolute Gasteiger partial charge is 0.301 e. The van der Waals surface area contributed by atoms with Crippen LogP contribution in [0.4, 0.5) is 0 Å². The molecule has 0 aliphatic rings. The van der Waals surface area contributed by atoms with Gasteiger partial charge in [-0.1, -0.05) is 57.3 Å². The quantitative estimate of drug-likeness (QED) is 0.598. The zero-order valence-corrected chi connectivity index (χ0v) is 16.9. The average Bonchev–Trinajstić information content (AvgIpc) is 2.47. The maximum absolute atomic E-state index is 12.4. The van der Waals surface area contributed by atoms with Gasteiger partial charge in [0.05, 0.1) is 5.54 Å². The van der Waals surface area contributed by atoms with E-state index in [-0.39, 0.29) is 16.5 Å². The lowest BCUT2D eigenvalue weighted by Gasteiger charge is -2.22. The van der Waals surface area contributed by atoms with Crippen LogP contribution in [0.5, 0.6) is 0 Å². The third-order valence-corrected chi connectivity index (χ3v) is 5.47. The second-order valence-corrected chi connectivity index (χ2v) is 9.44. The number of hydrogen-bond donors (Lipinski definition) is 1. The van der Waals surface area contributed by atoms with Crippen molar-refractivity contribution in [3.8, 4) is 0 Å². The molecule has 0 aliphatic heterocycles. The molecule has 0 radical (unpaired) electrons. The average molecular weight is 363 g/mol. The summed E-state index contributed by atoms with van der Waals surface area (Å²) in [5.41, 5.74) is 2.26. The predicted octanol–water partition coefficient (Wildman–Crippen LogP) is 5.25. The Bertz CT molecular complexity index is 819. The Balaban J connectivity index is 2.17. The summed E-state index contributed by atoms with van der Waals surface area (Å²) in [6, 6.07) is 8.65. The lowest BCUT2D eigenvalue weighted by molar-refractivity contribution is 0.335. The van der Waals surface area contributed by atoms with Crippen LogP contribution in [-0.2, 0) is 16.7 Å². The number of H-pyrrole nitrogens is 1. The van der Waals surface area contributed by atoms with Crippen molar-refractivity contribution in [3.05, 3.63) is 56.5 Å². The third kappa shape index (κ3) is 4.39. The maximum Gasteiger partial charge on any atom is 0.284 e. The van der Waals surface area contributed by atoms with Gasteiger partial charge in [-0.25, -0.2) is 4.68 Å². The van der Waals surface area contributed by atoms with Gasteiger partial charge in [-0.2, -0.15) is 0 Å². The molecule has 0 bridgehead atoms. The Kier molecular flexibility index (Phi) is 5.45. The fraction of sp³-hybridized carbons (Fsp3) is 0.474. The third-order valence-electron chi connectivity index (χ3n) is 3.83. The molecule has 0 amide bonds. The molecule has 0 unspecified atom stereocenters. The topological polar surface area (TPSA) is 37.8 Å². The fourth-order valence-corrected chi connectivity index (χ4v) is 3.52. The van der Waals surface area contributed by atoms with Gasteiger partial charge in [-0.15, -0.1) is 11.8 Å². The van der Waals surface area contributed by atoms with Crippen LogP contribution in [0.2, 0.25) is 0 Å². The number of nitrogens with one attached hydrogen (secondary N) is 1. The summed E-state index contributed by atoms with van der Waals surface area (Å²) >= 11 is 6.96. The number of thioether (sulfide) groups is 1. The lowest BCUT2D eigenvalue weighted by Crippen LogP contribution is -2.36. The van der Waals surface area contributed by atoms with E-state index >= 15 is 0 Å². The highest BCUT2D eigenvalue weighted by atomic mass is 32.2. The monoisotopic (exact) mass is 362 g/mol. The molecule has 24 heavy (non-hydrogen) atoms. The fourth-order valence-electron chi connectivity index (χ4n) is 2.32. The van der Waals surface area contributed by atoms with Gasteiger partial charge in [-0.3, -0.25) is 4.79 Å². The van der Waals surface area contributed by atoms with Crippen LogP contribution >= 0.6 is 24.0 Å². The molecule has 0 atom stereocenters. The van der Waals surface area contributed by atoms with Crippen molar-refractivity contribution < 1.29 is 0 Å². The van der Waals surface area contributed by atoms with Gasteiger partial charge < -0.3 is 5.10 Å². The lowest BCUT2D eigenvalue weighted by atomic mass is 9.87. The van der Waals surface area contributed by atoms with Gasteiger partial charge in [0.1, 0.15) is 4.51 Å². The summed E-state index contributed by atoms with van der Waals surface area (Å²) in [6.45, 7) is 12.6. The second kappa shape index (κ2) is 6.89. The van der Waals surface area contributed by atoms with Gasteiger partial charge >= 0.3 is 0 Å². The van der Waals surface area contributed by atoms with E-state index < -0.39 is 0 Å². The minimum Gasteiger partial charge on any atom is -0.301 e. The van der Waals surface area contributed by atoms with E-state index in [1.807, 2.05) is 27.0 Å². The minimum absolute atomic E-state index is 0.134. The van der Waals surface area contributed by atoms with Crippen molar-refractivity contribution >= 4 is 24.0 Å². The zero-order chi connectivity index (χ0) is 18.1. The van der Waals surface area contributed by atoms with Crippen molar-refractivity contribution in [1.29, 1.82) is 0 Å². The number of nitrogens with zero attached hydrogens (tertiary/aromatic N) is 1. The van der Waals surface area contributed by atoms with Crippen LogP contribution in [0.3, 0.4) is 0 Å². The Morgan fingerprint density at radius 3 is 2.17 bits per heavy atom. The number of hydrogen-bond acceptors (Lipinski definition) is 3. The molecule has 130 valence electrons. The van der Waals surface area contributed by atoms with Crippen LogP contribution in [0, 0.1) is 4.51 Å². The highest BCUT2D eigenvalue weighted by Gasteiger charge is 2.17. The summed E-state index contributed by atoms with van der Waals surface area (Å²) in [5.74, 6) is 0.793. The normalized spacial score (nSPS) is 12.4. The van der Waals surface area contributed by atoms with Crippen molar-refractivity contribution in [3.63, 3.8) is 0 Å². The van der Waals surface area contributed by atoms with Crippen molar-refractivity contribution in [1.82, 2.24) is 9.78 Å². The molecule has 1 aromatic heterocycles. The minimum atomic E-state index is -0.309. The number of aromatic amines is 1. The van der Waals surface area contributed by atoms with Crippen molar-refractivity contribution in [2.24, 2.45) is 0 Å². The predicted molar refractivity (Wildman–Crippen MR) is 106 cm³/mol. The number of benzene rings is 1. The molecule has 5 heteroatoms. The molecular weight excluding hydrogens is 336 g/mol. The zero-order valence-electron chi connectivity index (χ0n) is 15.3. The SMILES string of the molecule is CC(C)(C)c1ccc(CSc2c[nH]n(C(C)(C)C)c(=O)c2=S)cc1. The number of aromatic nitrogens is 2. The summed E-state index contributed by atoms with van der Waals surface area (Å²) in [5, 5.41) is 3.07. The Morgan fingerprint density at radius 1 is 1.08 bits per heavy atom. The first-order chi connectivity index (χ1) is 11.0. The molecule has 2 aromatic rings.